The second-order valence-electron chi connectivity index (χ2n) is 11.8. The predicted molar refractivity (Wildman–Crippen MR) is 151 cm³/mol. The molecule has 40 heavy (non-hydrogen) atoms. The number of rotatable bonds is 6. The van der Waals surface area contributed by atoms with E-state index in [0.717, 1.165) is 24.8 Å². The van der Waals surface area contributed by atoms with Crippen molar-refractivity contribution in [1.82, 2.24) is 24.6 Å². The molecule has 0 spiro atoms. The molecule has 1 N–H and O–H groups in total. The number of nitrogens with zero attached hydrogens (tertiary/aromatic N) is 5. The quantitative estimate of drug-likeness (QED) is 0.478. The van der Waals surface area contributed by atoms with Crippen LogP contribution in [0.25, 0.3) is 0 Å². The van der Waals surface area contributed by atoms with Crippen LogP contribution in [-0.4, -0.2) is 72.4 Å². The summed E-state index contributed by atoms with van der Waals surface area (Å²) in [5.74, 6) is 0.0429. The van der Waals surface area contributed by atoms with Crippen LogP contribution in [0.1, 0.15) is 80.1 Å². The second-order valence-corrected chi connectivity index (χ2v) is 11.8. The number of aromatic nitrogens is 3. The van der Waals surface area contributed by atoms with E-state index in [1.807, 2.05) is 72.9 Å². The van der Waals surface area contributed by atoms with E-state index in [1.165, 1.54) is 0 Å². The lowest BCUT2D eigenvalue weighted by Gasteiger charge is -2.34. The van der Waals surface area contributed by atoms with Crippen molar-refractivity contribution in [3.8, 4) is 0 Å². The minimum absolute atomic E-state index is 0.0429. The number of hydrogen-bond acceptors (Lipinski definition) is 6. The Labute approximate surface area is 235 Å². The summed E-state index contributed by atoms with van der Waals surface area (Å²) >= 11 is 0. The highest BCUT2D eigenvalue weighted by atomic mass is 16.6. The van der Waals surface area contributed by atoms with E-state index in [2.05, 4.69) is 10.1 Å². The van der Waals surface area contributed by atoms with Crippen LogP contribution in [0.4, 0.5) is 4.79 Å². The molecule has 1 aromatic carbocycles. The van der Waals surface area contributed by atoms with Crippen molar-refractivity contribution in [1.29, 1.82) is 0 Å². The standard InChI is InChI=1S/C31H39N5O4/c1-31(2,3)40-30(39)36-26(11-12-27(36)28(37)24-6-4-15-32-21-24)20-22-7-9-23(10-8-22)29(38)34-18-13-25(14-19-34)35-17-5-16-33-35/h4-10,15-17,21,25-28,37H,11-14,18-20H2,1-3H3/t26-,27+,28+/m0/s1. The first-order valence-corrected chi connectivity index (χ1v) is 14.2. The van der Waals surface area contributed by atoms with Gasteiger partial charge >= 0.3 is 6.09 Å². The second kappa shape index (κ2) is 11.8. The van der Waals surface area contributed by atoms with Crippen LogP contribution in [-0.2, 0) is 11.2 Å². The number of carbonyl (C=O) groups is 2. The number of pyridine rings is 1. The van der Waals surface area contributed by atoms with E-state index in [-0.39, 0.29) is 11.9 Å². The summed E-state index contributed by atoms with van der Waals surface area (Å²) in [5, 5.41) is 15.5. The van der Waals surface area contributed by atoms with E-state index in [1.54, 1.807) is 29.6 Å². The molecule has 2 aliphatic rings. The lowest BCUT2D eigenvalue weighted by molar-refractivity contribution is -0.00458. The summed E-state index contributed by atoms with van der Waals surface area (Å²) in [7, 11) is 0. The van der Waals surface area contributed by atoms with Gasteiger partial charge in [0.1, 0.15) is 11.7 Å². The van der Waals surface area contributed by atoms with Crippen LogP contribution < -0.4 is 0 Å². The number of aliphatic hydroxyl groups excluding tert-OH is 1. The summed E-state index contributed by atoms with van der Waals surface area (Å²) in [6.45, 7) is 6.95. The number of carbonyl (C=O) groups excluding carboxylic acids is 2. The SMILES string of the molecule is CC(C)(C)OC(=O)N1[C@H](Cc2ccc(C(=O)N3CCC(n4cccn4)CC3)cc2)CC[C@@H]1[C@H](O)c1cccnc1. The molecule has 2 aliphatic heterocycles. The van der Waals surface area contributed by atoms with Gasteiger partial charge in [0.05, 0.1) is 12.1 Å². The molecule has 9 heteroatoms. The Morgan fingerprint density at radius 3 is 2.40 bits per heavy atom. The van der Waals surface area contributed by atoms with Crippen molar-refractivity contribution in [2.75, 3.05) is 13.1 Å². The predicted octanol–water partition coefficient (Wildman–Crippen LogP) is 4.80. The van der Waals surface area contributed by atoms with Crippen LogP contribution in [0.3, 0.4) is 0 Å². The summed E-state index contributed by atoms with van der Waals surface area (Å²) in [4.78, 5) is 34.3. The molecular weight excluding hydrogens is 506 g/mol. The molecule has 4 heterocycles. The Morgan fingerprint density at radius 2 is 1.77 bits per heavy atom. The molecule has 212 valence electrons. The summed E-state index contributed by atoms with van der Waals surface area (Å²) in [6, 6.07) is 13.0. The summed E-state index contributed by atoms with van der Waals surface area (Å²) in [5.41, 5.74) is 1.73. The van der Waals surface area contributed by atoms with Crippen molar-refractivity contribution in [3.63, 3.8) is 0 Å². The molecule has 3 atom stereocenters. The Balaban J connectivity index is 1.25. The van der Waals surface area contributed by atoms with Gasteiger partial charge in [0.2, 0.25) is 0 Å². The summed E-state index contributed by atoms with van der Waals surface area (Å²) in [6.07, 6.45) is 9.59. The fourth-order valence-corrected chi connectivity index (χ4v) is 5.86. The molecule has 9 nitrogen and oxygen atoms in total. The monoisotopic (exact) mass is 545 g/mol. The minimum Gasteiger partial charge on any atom is -0.444 e. The average Bonchev–Trinajstić information content (AvgIpc) is 3.63. The maximum atomic E-state index is 13.3. The number of ether oxygens (including phenoxy) is 1. The molecule has 2 amide bonds. The molecule has 2 fully saturated rings. The molecule has 0 aliphatic carbocycles. The van der Waals surface area contributed by atoms with Gasteiger partial charge < -0.3 is 14.7 Å². The third-order valence-corrected chi connectivity index (χ3v) is 7.86. The number of piperidine rings is 1. The molecule has 2 aromatic heterocycles. The van der Waals surface area contributed by atoms with Crippen molar-refractivity contribution >= 4 is 12.0 Å². The molecule has 0 unspecified atom stereocenters. The van der Waals surface area contributed by atoms with E-state index >= 15 is 0 Å². The maximum Gasteiger partial charge on any atom is 0.410 e. The zero-order chi connectivity index (χ0) is 28.3. The smallest absolute Gasteiger partial charge is 0.410 e. The molecule has 2 saturated heterocycles. The third-order valence-electron chi connectivity index (χ3n) is 7.86. The highest BCUT2D eigenvalue weighted by Gasteiger charge is 2.43. The van der Waals surface area contributed by atoms with Gasteiger partial charge in [0.15, 0.2) is 0 Å². The largest absolute Gasteiger partial charge is 0.444 e. The van der Waals surface area contributed by atoms with Crippen molar-refractivity contribution in [3.05, 3.63) is 83.9 Å². The van der Waals surface area contributed by atoms with Gasteiger partial charge in [-0.1, -0.05) is 18.2 Å². The Bertz CT molecular complexity index is 1270. The first-order chi connectivity index (χ1) is 19.2. The first-order valence-electron chi connectivity index (χ1n) is 14.2. The highest BCUT2D eigenvalue weighted by molar-refractivity contribution is 5.94. The Morgan fingerprint density at radius 1 is 1.02 bits per heavy atom. The average molecular weight is 546 g/mol. The van der Waals surface area contributed by atoms with Crippen LogP contribution >= 0.6 is 0 Å². The van der Waals surface area contributed by atoms with Crippen molar-refractivity contribution in [2.24, 2.45) is 0 Å². The number of hydrogen-bond donors (Lipinski definition) is 1. The van der Waals surface area contributed by atoms with E-state index in [4.69, 9.17) is 4.74 Å². The number of amides is 2. The zero-order valence-corrected chi connectivity index (χ0v) is 23.5. The van der Waals surface area contributed by atoms with E-state index < -0.39 is 23.8 Å². The Kier molecular flexibility index (Phi) is 8.21. The minimum atomic E-state index is -0.858. The molecule has 0 saturated carbocycles. The van der Waals surface area contributed by atoms with Gasteiger partial charge in [-0.05, 0) is 82.7 Å². The maximum absolute atomic E-state index is 13.3. The van der Waals surface area contributed by atoms with Gasteiger partial charge in [0, 0.05) is 55.0 Å². The lowest BCUT2D eigenvalue weighted by Crippen LogP contribution is -2.47. The lowest BCUT2D eigenvalue weighted by atomic mass is 10.0. The van der Waals surface area contributed by atoms with Crippen LogP contribution in [0.5, 0.6) is 0 Å². The fourth-order valence-electron chi connectivity index (χ4n) is 5.86. The zero-order valence-electron chi connectivity index (χ0n) is 23.5. The molecule has 5 rings (SSSR count). The number of aliphatic hydroxyl groups is 1. The van der Waals surface area contributed by atoms with Gasteiger partial charge in [0.25, 0.3) is 5.91 Å². The summed E-state index contributed by atoms with van der Waals surface area (Å²) < 4.78 is 7.75. The molecule has 0 bridgehead atoms. The van der Waals surface area contributed by atoms with Gasteiger partial charge in [-0.15, -0.1) is 0 Å². The third kappa shape index (κ3) is 6.36. The highest BCUT2D eigenvalue weighted by Crippen LogP contribution is 2.36. The van der Waals surface area contributed by atoms with Crippen molar-refractivity contribution in [2.45, 2.75) is 82.7 Å². The molecular formula is C31H39N5O4. The van der Waals surface area contributed by atoms with Crippen LogP contribution in [0.2, 0.25) is 0 Å². The van der Waals surface area contributed by atoms with Crippen molar-refractivity contribution < 1.29 is 19.4 Å². The van der Waals surface area contributed by atoms with E-state index in [0.29, 0.717) is 43.1 Å². The fraction of sp³-hybridized carbons (Fsp3) is 0.484. The van der Waals surface area contributed by atoms with Gasteiger partial charge in [-0.2, -0.15) is 5.10 Å². The number of likely N-dealkylation sites (tertiary alicyclic amines) is 2. The van der Waals surface area contributed by atoms with Crippen LogP contribution in [0, 0.1) is 0 Å². The van der Waals surface area contributed by atoms with Crippen LogP contribution in [0.15, 0.2) is 67.3 Å². The van der Waals surface area contributed by atoms with E-state index in [9.17, 15) is 14.7 Å². The number of benzene rings is 1. The van der Waals surface area contributed by atoms with Gasteiger partial charge in [-0.3, -0.25) is 19.4 Å². The first kappa shape index (κ1) is 27.8. The molecule has 0 radical (unpaired) electrons. The van der Waals surface area contributed by atoms with Gasteiger partial charge in [-0.25, -0.2) is 4.79 Å². The Hall–Kier alpha value is -3.72. The molecule has 3 aromatic rings. The topological polar surface area (TPSA) is 101 Å². The normalized spacial score (nSPS) is 20.9.